The number of hydrogen-bond donors (Lipinski definition) is 1. The molecule has 1 heterocycles. The molecule has 2 N–H and O–H groups in total. The van der Waals surface area contributed by atoms with Gasteiger partial charge in [-0.05, 0) is 42.1 Å². The summed E-state index contributed by atoms with van der Waals surface area (Å²) in [5.74, 6) is 0. The van der Waals surface area contributed by atoms with E-state index in [1.54, 1.807) is 6.92 Å². The Morgan fingerprint density at radius 3 is 2.45 bits per heavy atom. The highest BCUT2D eigenvalue weighted by Gasteiger charge is 2.00. The normalized spacial score (nSPS) is 9.86. The summed E-state index contributed by atoms with van der Waals surface area (Å²) in [6, 6.07) is 18.6. The van der Waals surface area contributed by atoms with Crippen molar-refractivity contribution in [2.45, 2.75) is 13.5 Å². The second-order valence-electron chi connectivity index (χ2n) is 4.80. The number of para-hydroxylation sites is 1. The predicted octanol–water partition coefficient (Wildman–Crippen LogP) is 3.45. The van der Waals surface area contributed by atoms with Crippen LogP contribution in [0.3, 0.4) is 0 Å². The van der Waals surface area contributed by atoms with Gasteiger partial charge in [0.1, 0.15) is 0 Å². The minimum atomic E-state index is 0.431. The average Bonchev–Trinajstić information content (AvgIpc) is 2.94. The first kappa shape index (κ1) is 15.6. The van der Waals surface area contributed by atoms with Crippen LogP contribution >= 0.6 is 0 Å². The lowest BCUT2D eigenvalue weighted by atomic mass is 10.2. The van der Waals surface area contributed by atoms with E-state index in [0.717, 1.165) is 12.2 Å². The molecule has 0 saturated carbocycles. The molecular weight excluding hydrogens is 276 g/mol. The molecule has 0 unspecified atom stereocenters. The SMILES string of the molecule is CCOC=O.Nc1ccc(Cn2ccc3ccccc32)cc1. The molecule has 0 spiro atoms. The van der Waals surface area contributed by atoms with E-state index in [9.17, 15) is 4.79 Å². The van der Waals surface area contributed by atoms with Crippen LogP contribution in [0.5, 0.6) is 0 Å². The third-order valence-corrected chi connectivity index (χ3v) is 3.25. The fourth-order valence-electron chi connectivity index (χ4n) is 2.17. The van der Waals surface area contributed by atoms with Crippen LogP contribution in [0, 0.1) is 0 Å². The van der Waals surface area contributed by atoms with Crippen molar-refractivity contribution in [1.29, 1.82) is 0 Å². The molecule has 0 amide bonds. The first-order valence-electron chi connectivity index (χ1n) is 7.18. The summed E-state index contributed by atoms with van der Waals surface area (Å²) in [4.78, 5) is 9.18. The van der Waals surface area contributed by atoms with Gasteiger partial charge in [0, 0.05) is 23.9 Å². The van der Waals surface area contributed by atoms with Crippen LogP contribution in [0.4, 0.5) is 5.69 Å². The van der Waals surface area contributed by atoms with Crippen molar-refractivity contribution in [3.8, 4) is 0 Å². The highest BCUT2D eigenvalue weighted by molar-refractivity contribution is 5.80. The predicted molar refractivity (Wildman–Crippen MR) is 89.6 cm³/mol. The molecule has 4 heteroatoms. The molecule has 3 rings (SSSR count). The number of hydrogen-bond acceptors (Lipinski definition) is 3. The third kappa shape index (κ3) is 4.12. The molecular formula is C18H20N2O2. The molecule has 0 bridgehead atoms. The lowest BCUT2D eigenvalue weighted by Gasteiger charge is -2.06. The maximum atomic E-state index is 9.18. The van der Waals surface area contributed by atoms with Crippen LogP contribution in [0.15, 0.2) is 60.8 Å². The third-order valence-electron chi connectivity index (χ3n) is 3.25. The summed E-state index contributed by atoms with van der Waals surface area (Å²) >= 11 is 0. The van der Waals surface area contributed by atoms with Crippen molar-refractivity contribution in [2.24, 2.45) is 0 Å². The summed E-state index contributed by atoms with van der Waals surface area (Å²) in [5.41, 5.74) is 9.03. The van der Waals surface area contributed by atoms with Gasteiger partial charge >= 0.3 is 0 Å². The molecule has 0 atom stereocenters. The standard InChI is InChI=1S/C15H14N2.C3H6O2/c16-14-7-5-12(6-8-14)11-17-10-9-13-3-1-2-4-15(13)17;1-2-5-3-4/h1-10H,11,16H2;3H,2H2,1H3. The molecule has 3 aromatic rings. The summed E-state index contributed by atoms with van der Waals surface area (Å²) in [6.07, 6.45) is 2.13. The van der Waals surface area contributed by atoms with E-state index < -0.39 is 0 Å². The van der Waals surface area contributed by atoms with Gasteiger partial charge in [-0.15, -0.1) is 0 Å². The Morgan fingerprint density at radius 1 is 1.09 bits per heavy atom. The second kappa shape index (κ2) is 7.88. The molecule has 0 fully saturated rings. The quantitative estimate of drug-likeness (QED) is 0.592. The zero-order chi connectivity index (χ0) is 15.8. The van der Waals surface area contributed by atoms with E-state index >= 15 is 0 Å². The lowest BCUT2D eigenvalue weighted by molar-refractivity contribution is -0.128. The Labute approximate surface area is 130 Å². The van der Waals surface area contributed by atoms with Crippen LogP contribution in [-0.4, -0.2) is 17.6 Å². The van der Waals surface area contributed by atoms with E-state index in [-0.39, 0.29) is 0 Å². The molecule has 2 aromatic carbocycles. The van der Waals surface area contributed by atoms with Gasteiger partial charge in [-0.1, -0.05) is 30.3 Å². The number of aromatic nitrogens is 1. The van der Waals surface area contributed by atoms with Crippen molar-refractivity contribution >= 4 is 23.1 Å². The number of nitrogen functional groups attached to an aromatic ring is 1. The molecule has 22 heavy (non-hydrogen) atoms. The van der Waals surface area contributed by atoms with Gasteiger partial charge in [-0.25, -0.2) is 0 Å². The number of ether oxygens (including phenoxy) is 1. The highest BCUT2D eigenvalue weighted by Crippen LogP contribution is 2.17. The number of nitrogens with zero attached hydrogens (tertiary/aromatic N) is 1. The van der Waals surface area contributed by atoms with Crippen LogP contribution in [0.1, 0.15) is 12.5 Å². The minimum Gasteiger partial charge on any atom is -0.468 e. The van der Waals surface area contributed by atoms with Crippen LogP contribution in [0.2, 0.25) is 0 Å². The summed E-state index contributed by atoms with van der Waals surface area (Å²) in [7, 11) is 0. The average molecular weight is 296 g/mol. The fourth-order valence-corrected chi connectivity index (χ4v) is 2.17. The number of carbonyl (C=O) groups is 1. The maximum Gasteiger partial charge on any atom is 0.293 e. The Bertz CT molecular complexity index is 717. The highest BCUT2D eigenvalue weighted by atomic mass is 16.5. The van der Waals surface area contributed by atoms with Crippen molar-refractivity contribution in [3.63, 3.8) is 0 Å². The van der Waals surface area contributed by atoms with Gasteiger partial charge in [-0.3, -0.25) is 4.79 Å². The maximum absolute atomic E-state index is 9.18. The van der Waals surface area contributed by atoms with Crippen molar-refractivity contribution in [2.75, 3.05) is 12.3 Å². The van der Waals surface area contributed by atoms with E-state index in [0.29, 0.717) is 13.1 Å². The smallest absolute Gasteiger partial charge is 0.293 e. The summed E-state index contributed by atoms with van der Waals surface area (Å²) < 4.78 is 6.40. The second-order valence-corrected chi connectivity index (χ2v) is 4.80. The van der Waals surface area contributed by atoms with Gasteiger partial charge in [0.2, 0.25) is 0 Å². The summed E-state index contributed by atoms with van der Waals surface area (Å²) in [5, 5.41) is 1.28. The molecule has 4 nitrogen and oxygen atoms in total. The van der Waals surface area contributed by atoms with Crippen LogP contribution in [0.25, 0.3) is 10.9 Å². The zero-order valence-electron chi connectivity index (χ0n) is 12.6. The van der Waals surface area contributed by atoms with Gasteiger partial charge in [0.25, 0.3) is 6.47 Å². The van der Waals surface area contributed by atoms with Crippen molar-refractivity contribution in [3.05, 3.63) is 66.4 Å². The van der Waals surface area contributed by atoms with E-state index in [1.165, 1.54) is 16.5 Å². The molecule has 0 aliphatic rings. The van der Waals surface area contributed by atoms with Crippen molar-refractivity contribution < 1.29 is 9.53 Å². The zero-order valence-corrected chi connectivity index (χ0v) is 12.6. The van der Waals surface area contributed by atoms with E-state index in [1.807, 2.05) is 12.1 Å². The van der Waals surface area contributed by atoms with E-state index in [2.05, 4.69) is 58.0 Å². The number of fused-ring (bicyclic) bond motifs is 1. The molecule has 1 aromatic heterocycles. The first-order valence-corrected chi connectivity index (χ1v) is 7.18. The number of nitrogens with two attached hydrogens (primary N) is 1. The fraction of sp³-hybridized carbons (Fsp3) is 0.167. The van der Waals surface area contributed by atoms with Gasteiger partial charge < -0.3 is 15.0 Å². The topological polar surface area (TPSA) is 57.2 Å². The molecule has 0 radical (unpaired) electrons. The molecule has 0 aliphatic carbocycles. The Balaban J connectivity index is 0.000000309. The Morgan fingerprint density at radius 2 is 1.82 bits per heavy atom. The number of anilines is 1. The molecule has 0 aliphatic heterocycles. The van der Waals surface area contributed by atoms with E-state index in [4.69, 9.17) is 5.73 Å². The number of carbonyl (C=O) groups excluding carboxylic acids is 1. The van der Waals surface area contributed by atoms with Gasteiger partial charge in [0.05, 0.1) is 6.61 Å². The monoisotopic (exact) mass is 296 g/mol. The number of benzene rings is 2. The Kier molecular flexibility index (Phi) is 5.60. The summed E-state index contributed by atoms with van der Waals surface area (Å²) in [6.45, 7) is 3.55. The minimum absolute atomic E-state index is 0.431. The van der Waals surface area contributed by atoms with Gasteiger partial charge in [0.15, 0.2) is 0 Å². The first-order chi connectivity index (χ1) is 10.7. The largest absolute Gasteiger partial charge is 0.468 e. The Hall–Kier alpha value is -2.75. The molecule has 114 valence electrons. The van der Waals surface area contributed by atoms with Crippen molar-refractivity contribution in [1.82, 2.24) is 4.57 Å². The number of rotatable bonds is 4. The van der Waals surface area contributed by atoms with Crippen LogP contribution in [-0.2, 0) is 16.1 Å². The van der Waals surface area contributed by atoms with Crippen LogP contribution < -0.4 is 5.73 Å². The van der Waals surface area contributed by atoms with Gasteiger partial charge in [-0.2, -0.15) is 0 Å². The lowest BCUT2D eigenvalue weighted by Crippen LogP contribution is -1.97. The molecule has 0 saturated heterocycles.